The first-order valence-electron chi connectivity index (χ1n) is 7.80. The number of carbonyl (C=O) groups is 1. The number of benzene rings is 1. The number of rotatable bonds is 4. The Morgan fingerprint density at radius 3 is 2.41 bits per heavy atom. The van der Waals surface area contributed by atoms with Gasteiger partial charge in [-0.1, -0.05) is 31.4 Å². The maximum Gasteiger partial charge on any atom is 0.262 e. The quantitative estimate of drug-likeness (QED) is 0.686. The van der Waals surface area contributed by atoms with E-state index in [2.05, 4.69) is 5.32 Å². The number of hydrogen-bond acceptors (Lipinski definition) is 3. The third-order valence-electron chi connectivity index (χ3n) is 4.03. The molecule has 1 aliphatic carbocycles. The van der Waals surface area contributed by atoms with Crippen molar-refractivity contribution in [2.24, 2.45) is 0 Å². The van der Waals surface area contributed by atoms with Crippen LogP contribution in [0.15, 0.2) is 29.8 Å². The molecule has 1 aromatic carbocycles. The predicted molar refractivity (Wildman–Crippen MR) is 89.4 cm³/mol. The molecule has 1 saturated carbocycles. The molecule has 4 nitrogen and oxygen atoms in total. The summed E-state index contributed by atoms with van der Waals surface area (Å²) in [5.74, 6) is -0.258. The van der Waals surface area contributed by atoms with Crippen LogP contribution in [0.2, 0.25) is 0 Å². The summed E-state index contributed by atoms with van der Waals surface area (Å²) in [6.07, 6.45) is 7.23. The normalized spacial score (nSPS) is 16.0. The Kier molecular flexibility index (Phi) is 5.60. The molecule has 1 aliphatic rings. The van der Waals surface area contributed by atoms with Gasteiger partial charge in [0.05, 0.1) is 0 Å². The molecule has 0 unspecified atom stereocenters. The van der Waals surface area contributed by atoms with Crippen LogP contribution in [0.1, 0.15) is 37.7 Å². The van der Waals surface area contributed by atoms with Crippen molar-refractivity contribution in [3.8, 4) is 6.07 Å². The highest BCUT2D eigenvalue weighted by molar-refractivity contribution is 6.01. The Bertz CT molecular complexity index is 575. The summed E-state index contributed by atoms with van der Waals surface area (Å²) in [5.41, 5.74) is 2.12. The maximum absolute atomic E-state index is 12.2. The second kappa shape index (κ2) is 7.65. The summed E-state index contributed by atoms with van der Waals surface area (Å²) >= 11 is 0. The standard InChI is InChI=1S/C18H23N3O/c1-21(2)17-10-8-14(9-11-17)12-15(13-19)18(22)20-16-6-4-3-5-7-16/h8-12,16H,3-7H2,1-2H3,(H,20,22)/b15-12-. The van der Waals surface area contributed by atoms with Crippen LogP contribution in [0.4, 0.5) is 5.69 Å². The van der Waals surface area contributed by atoms with E-state index in [0.29, 0.717) is 0 Å². The van der Waals surface area contributed by atoms with Crippen LogP contribution < -0.4 is 10.2 Å². The number of nitrogens with zero attached hydrogens (tertiary/aromatic N) is 2. The molecule has 1 amide bonds. The van der Waals surface area contributed by atoms with E-state index in [-0.39, 0.29) is 17.5 Å². The monoisotopic (exact) mass is 297 g/mol. The third-order valence-corrected chi connectivity index (χ3v) is 4.03. The lowest BCUT2D eigenvalue weighted by Crippen LogP contribution is -2.36. The van der Waals surface area contributed by atoms with Gasteiger partial charge in [0.2, 0.25) is 0 Å². The molecule has 116 valence electrons. The molecule has 1 N–H and O–H groups in total. The fraction of sp³-hybridized carbons (Fsp3) is 0.444. The lowest BCUT2D eigenvalue weighted by molar-refractivity contribution is -0.117. The second-order valence-electron chi connectivity index (χ2n) is 5.96. The van der Waals surface area contributed by atoms with Gasteiger partial charge in [-0.05, 0) is 36.6 Å². The van der Waals surface area contributed by atoms with Gasteiger partial charge in [-0.3, -0.25) is 4.79 Å². The zero-order valence-electron chi connectivity index (χ0n) is 13.3. The third kappa shape index (κ3) is 4.36. The second-order valence-corrected chi connectivity index (χ2v) is 5.96. The average Bonchev–Trinajstić information content (AvgIpc) is 2.53. The van der Waals surface area contributed by atoms with Crippen molar-refractivity contribution < 1.29 is 4.79 Å². The molecular weight excluding hydrogens is 274 g/mol. The topological polar surface area (TPSA) is 56.1 Å². The number of nitrogens with one attached hydrogen (secondary N) is 1. The van der Waals surface area contributed by atoms with E-state index >= 15 is 0 Å². The maximum atomic E-state index is 12.2. The first kappa shape index (κ1) is 16.1. The fourth-order valence-corrected chi connectivity index (χ4v) is 2.69. The lowest BCUT2D eigenvalue weighted by atomic mass is 9.95. The average molecular weight is 297 g/mol. The summed E-state index contributed by atoms with van der Waals surface area (Å²) < 4.78 is 0. The summed E-state index contributed by atoms with van der Waals surface area (Å²) in [4.78, 5) is 14.2. The van der Waals surface area contributed by atoms with Crippen molar-refractivity contribution >= 4 is 17.7 Å². The van der Waals surface area contributed by atoms with Crippen LogP contribution in [0.25, 0.3) is 6.08 Å². The molecule has 0 spiro atoms. The minimum atomic E-state index is -0.258. The van der Waals surface area contributed by atoms with Crippen molar-refractivity contribution in [2.75, 3.05) is 19.0 Å². The van der Waals surface area contributed by atoms with E-state index in [9.17, 15) is 10.1 Å². The molecule has 0 saturated heterocycles. The van der Waals surface area contributed by atoms with Crippen molar-refractivity contribution in [2.45, 2.75) is 38.1 Å². The molecular formula is C18H23N3O. The van der Waals surface area contributed by atoms with Gasteiger partial charge >= 0.3 is 0 Å². The Balaban J connectivity index is 2.06. The van der Waals surface area contributed by atoms with Gasteiger partial charge in [0.1, 0.15) is 11.6 Å². The van der Waals surface area contributed by atoms with Crippen LogP contribution >= 0.6 is 0 Å². The summed E-state index contributed by atoms with van der Waals surface area (Å²) in [5, 5.41) is 12.2. The van der Waals surface area contributed by atoms with Crippen LogP contribution in [0.3, 0.4) is 0 Å². The Morgan fingerprint density at radius 2 is 1.86 bits per heavy atom. The molecule has 0 bridgehead atoms. The molecule has 2 rings (SSSR count). The van der Waals surface area contributed by atoms with E-state index in [4.69, 9.17) is 0 Å². The number of anilines is 1. The predicted octanol–water partition coefficient (Wildman–Crippen LogP) is 3.11. The zero-order valence-corrected chi connectivity index (χ0v) is 13.3. The summed E-state index contributed by atoms with van der Waals surface area (Å²) in [6.45, 7) is 0. The number of hydrogen-bond donors (Lipinski definition) is 1. The minimum Gasteiger partial charge on any atom is -0.378 e. The summed E-state index contributed by atoms with van der Waals surface area (Å²) in [6, 6.07) is 10.0. The van der Waals surface area contributed by atoms with Crippen molar-refractivity contribution in [3.63, 3.8) is 0 Å². The Morgan fingerprint density at radius 1 is 1.23 bits per heavy atom. The largest absolute Gasteiger partial charge is 0.378 e. The minimum absolute atomic E-state index is 0.170. The molecule has 0 aliphatic heterocycles. The number of carbonyl (C=O) groups excluding carboxylic acids is 1. The van der Waals surface area contributed by atoms with Gasteiger partial charge in [0.25, 0.3) is 5.91 Å². The summed E-state index contributed by atoms with van der Waals surface area (Å²) in [7, 11) is 3.95. The zero-order chi connectivity index (χ0) is 15.9. The van der Waals surface area contributed by atoms with Crippen molar-refractivity contribution in [1.29, 1.82) is 5.26 Å². The van der Waals surface area contributed by atoms with E-state index in [1.807, 2.05) is 49.3 Å². The molecule has 0 radical (unpaired) electrons. The molecule has 22 heavy (non-hydrogen) atoms. The smallest absolute Gasteiger partial charge is 0.262 e. The van der Waals surface area contributed by atoms with Crippen LogP contribution in [-0.2, 0) is 4.79 Å². The molecule has 0 aromatic heterocycles. The van der Waals surface area contributed by atoms with E-state index in [1.54, 1.807) is 6.08 Å². The highest BCUT2D eigenvalue weighted by atomic mass is 16.1. The Hall–Kier alpha value is -2.28. The number of nitriles is 1. The SMILES string of the molecule is CN(C)c1ccc(/C=C(/C#N)C(=O)NC2CCCCC2)cc1. The van der Waals surface area contributed by atoms with Gasteiger partial charge in [0.15, 0.2) is 0 Å². The van der Waals surface area contributed by atoms with E-state index in [0.717, 1.165) is 36.9 Å². The molecule has 4 heteroatoms. The molecule has 0 heterocycles. The molecule has 1 fully saturated rings. The van der Waals surface area contributed by atoms with Crippen molar-refractivity contribution in [1.82, 2.24) is 5.32 Å². The van der Waals surface area contributed by atoms with Crippen LogP contribution in [-0.4, -0.2) is 26.0 Å². The van der Waals surface area contributed by atoms with Crippen LogP contribution in [0.5, 0.6) is 0 Å². The van der Waals surface area contributed by atoms with Crippen molar-refractivity contribution in [3.05, 3.63) is 35.4 Å². The molecule has 1 aromatic rings. The van der Waals surface area contributed by atoms with E-state index < -0.39 is 0 Å². The molecule has 0 atom stereocenters. The van der Waals surface area contributed by atoms with Gasteiger partial charge in [0, 0.05) is 25.8 Å². The van der Waals surface area contributed by atoms with Gasteiger partial charge in [-0.15, -0.1) is 0 Å². The highest BCUT2D eigenvalue weighted by Gasteiger charge is 2.17. The first-order chi connectivity index (χ1) is 10.6. The van der Waals surface area contributed by atoms with Gasteiger partial charge in [-0.25, -0.2) is 0 Å². The highest BCUT2D eigenvalue weighted by Crippen LogP contribution is 2.18. The van der Waals surface area contributed by atoms with Gasteiger partial charge in [-0.2, -0.15) is 5.26 Å². The lowest BCUT2D eigenvalue weighted by Gasteiger charge is -2.22. The van der Waals surface area contributed by atoms with E-state index in [1.165, 1.54) is 6.42 Å². The fourth-order valence-electron chi connectivity index (χ4n) is 2.69. The van der Waals surface area contributed by atoms with Crippen LogP contribution in [0, 0.1) is 11.3 Å². The Labute approximate surface area is 132 Å². The van der Waals surface area contributed by atoms with Gasteiger partial charge < -0.3 is 10.2 Å². The first-order valence-corrected chi connectivity index (χ1v) is 7.80. The number of amides is 1.